The number of phenolic OH excluding ortho intramolecular Hbond substituents is 1. The first-order valence-electron chi connectivity index (χ1n) is 9.13. The SMILES string of the molecule is CN1CC[C@]23c4c5c(-c6nsnc6Cl)cc(O)c4O[C@H]2[C@@H](O)C=C[C@H]3[C@H]1C5. The predicted molar refractivity (Wildman–Crippen MR) is 101 cm³/mol. The van der Waals surface area contributed by atoms with Crippen LogP contribution >= 0.6 is 23.3 Å². The van der Waals surface area contributed by atoms with Gasteiger partial charge in [0.2, 0.25) is 0 Å². The molecule has 6 nitrogen and oxygen atoms in total. The summed E-state index contributed by atoms with van der Waals surface area (Å²) < 4.78 is 14.7. The summed E-state index contributed by atoms with van der Waals surface area (Å²) in [6.07, 6.45) is 4.66. The molecule has 1 spiro atoms. The highest BCUT2D eigenvalue weighted by molar-refractivity contribution is 6.99. The molecule has 1 aromatic heterocycles. The molecule has 0 unspecified atom stereocenters. The van der Waals surface area contributed by atoms with Gasteiger partial charge in [-0.2, -0.15) is 8.75 Å². The summed E-state index contributed by atoms with van der Waals surface area (Å²) in [6.45, 7) is 0.935. The summed E-state index contributed by atoms with van der Waals surface area (Å²) in [7, 11) is 2.16. The van der Waals surface area contributed by atoms with Crippen molar-refractivity contribution in [1.29, 1.82) is 0 Å². The third kappa shape index (κ3) is 1.83. The fourth-order valence-corrected chi connectivity index (χ4v) is 6.62. The first-order chi connectivity index (χ1) is 13.0. The van der Waals surface area contributed by atoms with Crippen molar-refractivity contribution in [2.24, 2.45) is 5.92 Å². The number of likely N-dealkylation sites (N-methyl/N-ethyl adjacent to an activating group) is 1. The molecular formula is C19H18ClN3O3S. The minimum Gasteiger partial charge on any atom is -0.504 e. The van der Waals surface area contributed by atoms with E-state index in [1.54, 1.807) is 6.07 Å². The van der Waals surface area contributed by atoms with Crippen molar-refractivity contribution < 1.29 is 14.9 Å². The molecule has 2 aliphatic carbocycles. The molecule has 1 fully saturated rings. The van der Waals surface area contributed by atoms with Crippen molar-refractivity contribution >= 4 is 23.3 Å². The van der Waals surface area contributed by atoms with E-state index in [0.717, 1.165) is 47.8 Å². The molecule has 0 amide bonds. The first kappa shape index (κ1) is 16.3. The van der Waals surface area contributed by atoms with Crippen LogP contribution in [0.5, 0.6) is 11.5 Å². The van der Waals surface area contributed by atoms with E-state index in [4.69, 9.17) is 16.3 Å². The fraction of sp³-hybridized carbons (Fsp3) is 0.474. The normalized spacial score (nSPS) is 35.8. The van der Waals surface area contributed by atoms with Crippen LogP contribution in [0.2, 0.25) is 5.15 Å². The lowest BCUT2D eigenvalue weighted by atomic mass is 9.53. The minimum atomic E-state index is -0.684. The second-order valence-corrected chi connectivity index (χ2v) is 8.90. The van der Waals surface area contributed by atoms with Crippen molar-refractivity contribution in [3.05, 3.63) is 34.5 Å². The zero-order chi connectivity index (χ0) is 18.5. The standard InChI is InChI=1S/C19H18ClN3O3S/c1-23-5-4-19-10-2-3-12(24)17(19)26-16-13(25)7-9(15-18(20)22-27-21-15)8(14(16)19)6-11(10)23/h2-3,7,10-12,17,24-25H,4-6H2,1H3/t10-,11+,12-,17-,19-/m0/s1. The topological polar surface area (TPSA) is 78.7 Å². The molecule has 2 N–H and O–H groups in total. The molecule has 4 aliphatic rings. The molecule has 1 aromatic carbocycles. The maximum Gasteiger partial charge on any atom is 0.170 e. The number of ether oxygens (including phenoxy) is 1. The summed E-state index contributed by atoms with van der Waals surface area (Å²) >= 11 is 7.36. The molecule has 140 valence electrons. The van der Waals surface area contributed by atoms with Gasteiger partial charge in [0.05, 0.1) is 11.7 Å². The number of phenols is 1. The maximum atomic E-state index is 10.8. The zero-order valence-electron chi connectivity index (χ0n) is 14.6. The average Bonchev–Trinajstić information content (AvgIpc) is 3.22. The van der Waals surface area contributed by atoms with Gasteiger partial charge in [-0.1, -0.05) is 23.8 Å². The van der Waals surface area contributed by atoms with E-state index in [9.17, 15) is 10.2 Å². The number of aliphatic hydroxyl groups excluding tert-OH is 1. The van der Waals surface area contributed by atoms with Crippen molar-refractivity contribution in [2.75, 3.05) is 13.6 Å². The summed E-state index contributed by atoms with van der Waals surface area (Å²) in [4.78, 5) is 2.40. The van der Waals surface area contributed by atoms with Gasteiger partial charge in [-0.05, 0) is 38.1 Å². The third-order valence-electron chi connectivity index (χ3n) is 6.98. The summed E-state index contributed by atoms with van der Waals surface area (Å²) in [5.74, 6) is 0.853. The van der Waals surface area contributed by atoms with Gasteiger partial charge < -0.3 is 19.8 Å². The number of halogens is 1. The Bertz CT molecular complexity index is 1010. The molecule has 2 aliphatic heterocycles. The van der Waals surface area contributed by atoms with Gasteiger partial charge in [0.1, 0.15) is 17.9 Å². The Morgan fingerprint density at radius 3 is 3.00 bits per heavy atom. The number of benzene rings is 1. The van der Waals surface area contributed by atoms with Crippen LogP contribution in [-0.4, -0.2) is 55.7 Å². The van der Waals surface area contributed by atoms with E-state index in [-0.39, 0.29) is 23.2 Å². The van der Waals surface area contributed by atoms with Crippen LogP contribution in [0.3, 0.4) is 0 Å². The number of likely N-dealkylation sites (tertiary alicyclic amines) is 1. The number of aliphatic hydroxyl groups is 1. The number of aromatic hydroxyl groups is 1. The highest BCUT2D eigenvalue weighted by Crippen LogP contribution is 2.63. The molecule has 5 atom stereocenters. The molecule has 8 heteroatoms. The van der Waals surface area contributed by atoms with Crippen molar-refractivity contribution in [1.82, 2.24) is 13.6 Å². The predicted octanol–water partition coefficient (Wildman–Crippen LogP) is 2.37. The van der Waals surface area contributed by atoms with Crippen molar-refractivity contribution in [3.63, 3.8) is 0 Å². The van der Waals surface area contributed by atoms with E-state index < -0.39 is 6.10 Å². The monoisotopic (exact) mass is 403 g/mol. The maximum absolute atomic E-state index is 10.8. The Kier molecular flexibility index (Phi) is 3.16. The average molecular weight is 404 g/mol. The van der Waals surface area contributed by atoms with Crippen LogP contribution in [0.25, 0.3) is 11.3 Å². The number of nitrogens with zero attached hydrogens (tertiary/aromatic N) is 3. The van der Waals surface area contributed by atoms with Gasteiger partial charge in [-0.15, -0.1) is 0 Å². The lowest BCUT2D eigenvalue weighted by molar-refractivity contribution is -0.0452. The molecule has 0 radical (unpaired) electrons. The molecular weight excluding hydrogens is 386 g/mol. The molecule has 3 heterocycles. The molecule has 6 rings (SSSR count). The summed E-state index contributed by atoms with van der Waals surface area (Å²) in [5.41, 5.74) is 3.29. The lowest BCUT2D eigenvalue weighted by Crippen LogP contribution is -2.64. The van der Waals surface area contributed by atoms with Crippen molar-refractivity contribution in [3.8, 4) is 22.8 Å². The number of rotatable bonds is 1. The van der Waals surface area contributed by atoms with Crippen LogP contribution in [0.15, 0.2) is 18.2 Å². The second-order valence-electron chi connectivity index (χ2n) is 8.01. The van der Waals surface area contributed by atoms with Gasteiger partial charge in [-0.3, -0.25) is 0 Å². The summed E-state index contributed by atoms with van der Waals surface area (Å²) in [5, 5.41) is 21.8. The number of hydrogen-bond donors (Lipinski definition) is 2. The second kappa shape index (κ2) is 5.23. The zero-order valence-corrected chi connectivity index (χ0v) is 16.2. The first-order valence-corrected chi connectivity index (χ1v) is 10.2. The minimum absolute atomic E-state index is 0.0833. The largest absolute Gasteiger partial charge is 0.504 e. The van der Waals surface area contributed by atoms with Crippen LogP contribution in [-0.2, 0) is 11.8 Å². The molecule has 1 saturated heterocycles. The smallest absolute Gasteiger partial charge is 0.170 e. The van der Waals surface area contributed by atoms with E-state index >= 15 is 0 Å². The Balaban J connectivity index is 1.70. The van der Waals surface area contributed by atoms with Gasteiger partial charge in [0, 0.05) is 28.5 Å². The molecule has 27 heavy (non-hydrogen) atoms. The number of hydrogen-bond acceptors (Lipinski definition) is 7. The van der Waals surface area contributed by atoms with E-state index in [2.05, 4.69) is 26.8 Å². The van der Waals surface area contributed by atoms with Crippen LogP contribution < -0.4 is 4.74 Å². The van der Waals surface area contributed by atoms with E-state index in [1.807, 2.05) is 6.08 Å². The van der Waals surface area contributed by atoms with E-state index in [0.29, 0.717) is 22.6 Å². The van der Waals surface area contributed by atoms with E-state index in [1.165, 1.54) is 0 Å². The van der Waals surface area contributed by atoms with Gasteiger partial charge in [0.15, 0.2) is 16.7 Å². The Morgan fingerprint density at radius 2 is 2.22 bits per heavy atom. The van der Waals surface area contributed by atoms with Gasteiger partial charge >= 0.3 is 0 Å². The summed E-state index contributed by atoms with van der Waals surface area (Å²) in [6, 6.07) is 2.00. The molecule has 2 bridgehead atoms. The van der Waals surface area contributed by atoms with Crippen LogP contribution in [0, 0.1) is 5.92 Å². The lowest BCUT2D eigenvalue weighted by Gasteiger charge is -2.56. The number of aromatic nitrogens is 2. The Hall–Kier alpha value is -1.67. The quantitative estimate of drug-likeness (QED) is 0.712. The Labute approximate surface area is 165 Å². The van der Waals surface area contributed by atoms with Crippen LogP contribution in [0.4, 0.5) is 0 Å². The fourth-order valence-electron chi connectivity index (χ4n) is 5.87. The van der Waals surface area contributed by atoms with Gasteiger partial charge in [-0.25, -0.2) is 0 Å². The van der Waals surface area contributed by atoms with Gasteiger partial charge in [0.25, 0.3) is 0 Å². The molecule has 2 aromatic rings. The highest BCUT2D eigenvalue weighted by atomic mass is 35.5. The Morgan fingerprint density at radius 1 is 1.37 bits per heavy atom. The van der Waals surface area contributed by atoms with Crippen LogP contribution in [0.1, 0.15) is 17.5 Å². The third-order valence-corrected chi connectivity index (χ3v) is 7.87. The van der Waals surface area contributed by atoms with Crippen molar-refractivity contribution in [2.45, 2.75) is 36.5 Å². The number of piperidine rings is 1. The molecule has 0 saturated carbocycles. The highest BCUT2D eigenvalue weighted by Gasteiger charge is 2.64.